The van der Waals surface area contributed by atoms with Crippen molar-refractivity contribution >= 4 is 12.2 Å². The lowest BCUT2D eigenvalue weighted by molar-refractivity contribution is 0.287. The standard InChI is InChI=1S/C20H20N2O3/c1-3-23-17-12-10-15(14-18(17)24-4-2)11-13-19-21-20(22-25-19)16-8-6-5-7-9-16/h5-14H,3-4H2,1-2H3. The van der Waals surface area contributed by atoms with Gasteiger partial charge in [-0.15, -0.1) is 0 Å². The summed E-state index contributed by atoms with van der Waals surface area (Å²) in [5.74, 6) is 2.49. The van der Waals surface area contributed by atoms with Crippen molar-refractivity contribution in [3.05, 3.63) is 60.0 Å². The lowest BCUT2D eigenvalue weighted by atomic mass is 10.2. The summed E-state index contributed by atoms with van der Waals surface area (Å²) in [6.45, 7) is 5.07. The number of hydrogen-bond acceptors (Lipinski definition) is 5. The first-order valence-electron chi connectivity index (χ1n) is 8.27. The minimum Gasteiger partial charge on any atom is -0.490 e. The van der Waals surface area contributed by atoms with Crippen molar-refractivity contribution < 1.29 is 14.0 Å². The summed E-state index contributed by atoms with van der Waals surface area (Å²) in [6, 6.07) is 15.5. The van der Waals surface area contributed by atoms with Crippen LogP contribution in [-0.2, 0) is 0 Å². The van der Waals surface area contributed by atoms with Gasteiger partial charge in [0.2, 0.25) is 5.82 Å². The molecule has 3 aromatic rings. The summed E-state index contributed by atoms with van der Waals surface area (Å²) in [6.07, 6.45) is 3.69. The highest BCUT2D eigenvalue weighted by Gasteiger charge is 2.07. The first-order chi connectivity index (χ1) is 12.3. The Morgan fingerprint density at radius 2 is 1.68 bits per heavy atom. The number of benzene rings is 2. The molecule has 0 atom stereocenters. The molecule has 0 unspecified atom stereocenters. The van der Waals surface area contributed by atoms with Crippen molar-refractivity contribution in [1.29, 1.82) is 0 Å². The van der Waals surface area contributed by atoms with E-state index in [1.165, 1.54) is 0 Å². The molecule has 3 rings (SSSR count). The molecule has 0 saturated heterocycles. The number of hydrogen-bond donors (Lipinski definition) is 0. The quantitative estimate of drug-likeness (QED) is 0.625. The fourth-order valence-electron chi connectivity index (χ4n) is 2.35. The van der Waals surface area contributed by atoms with Gasteiger partial charge in [0.15, 0.2) is 11.5 Å². The van der Waals surface area contributed by atoms with E-state index in [1.807, 2.05) is 68.5 Å². The first kappa shape index (κ1) is 16.8. The SMILES string of the molecule is CCOc1ccc(C=Cc2nc(-c3ccccc3)no2)cc1OCC. The van der Waals surface area contributed by atoms with Crippen LogP contribution in [-0.4, -0.2) is 23.4 Å². The summed E-state index contributed by atoms with van der Waals surface area (Å²) in [5.41, 5.74) is 1.89. The van der Waals surface area contributed by atoms with Gasteiger partial charge in [-0.2, -0.15) is 4.98 Å². The van der Waals surface area contributed by atoms with Crippen LogP contribution >= 0.6 is 0 Å². The summed E-state index contributed by atoms with van der Waals surface area (Å²) >= 11 is 0. The van der Waals surface area contributed by atoms with E-state index in [0.717, 1.165) is 22.6 Å². The monoisotopic (exact) mass is 336 g/mol. The topological polar surface area (TPSA) is 57.4 Å². The predicted octanol–water partition coefficient (Wildman–Crippen LogP) is 4.70. The fraction of sp³-hybridized carbons (Fsp3) is 0.200. The van der Waals surface area contributed by atoms with Gasteiger partial charge in [-0.25, -0.2) is 0 Å². The van der Waals surface area contributed by atoms with E-state index in [4.69, 9.17) is 14.0 Å². The molecule has 0 saturated carbocycles. The average Bonchev–Trinajstić information content (AvgIpc) is 3.12. The third kappa shape index (κ3) is 4.26. The second kappa shape index (κ2) is 8.15. The van der Waals surface area contributed by atoms with Gasteiger partial charge in [0.1, 0.15) is 0 Å². The van der Waals surface area contributed by atoms with Crippen LogP contribution in [0, 0.1) is 0 Å². The molecule has 0 radical (unpaired) electrons. The van der Waals surface area contributed by atoms with Crippen LogP contribution < -0.4 is 9.47 Å². The lowest BCUT2D eigenvalue weighted by Gasteiger charge is -2.11. The van der Waals surface area contributed by atoms with Crippen LogP contribution in [0.25, 0.3) is 23.5 Å². The Morgan fingerprint density at radius 3 is 2.44 bits per heavy atom. The number of ether oxygens (including phenoxy) is 2. The normalized spacial score (nSPS) is 11.0. The second-order valence-corrected chi connectivity index (χ2v) is 5.23. The molecular weight excluding hydrogens is 316 g/mol. The van der Waals surface area contributed by atoms with Gasteiger partial charge in [-0.1, -0.05) is 41.6 Å². The Kier molecular flexibility index (Phi) is 5.46. The number of aromatic nitrogens is 2. The molecule has 5 heteroatoms. The van der Waals surface area contributed by atoms with Gasteiger partial charge >= 0.3 is 0 Å². The van der Waals surface area contributed by atoms with Gasteiger partial charge in [0.25, 0.3) is 5.89 Å². The summed E-state index contributed by atoms with van der Waals surface area (Å²) in [4.78, 5) is 4.38. The maximum atomic E-state index is 5.63. The van der Waals surface area contributed by atoms with Crippen molar-refractivity contribution in [3.63, 3.8) is 0 Å². The van der Waals surface area contributed by atoms with Gasteiger partial charge in [0, 0.05) is 11.6 Å². The summed E-state index contributed by atoms with van der Waals surface area (Å²) < 4.78 is 16.5. The van der Waals surface area contributed by atoms with E-state index in [0.29, 0.717) is 24.9 Å². The van der Waals surface area contributed by atoms with Crippen molar-refractivity contribution in [2.24, 2.45) is 0 Å². The van der Waals surface area contributed by atoms with E-state index < -0.39 is 0 Å². The molecule has 1 aromatic heterocycles. The Bertz CT molecular complexity index is 841. The van der Waals surface area contributed by atoms with Crippen LogP contribution in [0.3, 0.4) is 0 Å². The molecule has 25 heavy (non-hydrogen) atoms. The lowest BCUT2D eigenvalue weighted by Crippen LogP contribution is -1.98. The molecule has 0 amide bonds. The molecule has 0 spiro atoms. The van der Waals surface area contributed by atoms with Crippen LogP contribution in [0.5, 0.6) is 11.5 Å². The average molecular weight is 336 g/mol. The smallest absolute Gasteiger partial charge is 0.250 e. The summed E-state index contributed by atoms with van der Waals surface area (Å²) in [7, 11) is 0. The maximum Gasteiger partial charge on any atom is 0.250 e. The molecule has 0 aliphatic heterocycles. The van der Waals surface area contributed by atoms with Gasteiger partial charge in [-0.05, 0) is 37.6 Å². The van der Waals surface area contributed by atoms with E-state index in [-0.39, 0.29) is 0 Å². The third-order valence-corrected chi connectivity index (χ3v) is 3.46. The van der Waals surface area contributed by atoms with E-state index >= 15 is 0 Å². The largest absolute Gasteiger partial charge is 0.490 e. The second-order valence-electron chi connectivity index (χ2n) is 5.23. The Morgan fingerprint density at radius 1 is 0.920 bits per heavy atom. The van der Waals surface area contributed by atoms with Crippen molar-refractivity contribution in [3.8, 4) is 22.9 Å². The molecule has 0 fully saturated rings. The zero-order valence-electron chi connectivity index (χ0n) is 14.3. The molecule has 0 aliphatic rings. The van der Waals surface area contributed by atoms with Gasteiger partial charge in [0.05, 0.1) is 13.2 Å². The van der Waals surface area contributed by atoms with Gasteiger partial charge in [-0.3, -0.25) is 0 Å². The highest BCUT2D eigenvalue weighted by molar-refractivity contribution is 5.68. The molecule has 5 nitrogen and oxygen atoms in total. The molecular formula is C20H20N2O3. The molecule has 0 N–H and O–H groups in total. The minimum absolute atomic E-state index is 0.450. The van der Waals surface area contributed by atoms with Crippen LogP contribution in [0.4, 0.5) is 0 Å². The van der Waals surface area contributed by atoms with Crippen LogP contribution in [0.1, 0.15) is 25.3 Å². The van der Waals surface area contributed by atoms with E-state index in [1.54, 1.807) is 6.08 Å². The molecule has 1 heterocycles. The fourth-order valence-corrected chi connectivity index (χ4v) is 2.35. The highest BCUT2D eigenvalue weighted by Crippen LogP contribution is 2.29. The third-order valence-electron chi connectivity index (χ3n) is 3.46. The zero-order chi connectivity index (χ0) is 17.5. The first-order valence-corrected chi connectivity index (χ1v) is 8.27. The number of nitrogens with zero attached hydrogens (tertiary/aromatic N) is 2. The Balaban J connectivity index is 1.78. The molecule has 0 aliphatic carbocycles. The highest BCUT2D eigenvalue weighted by atomic mass is 16.5. The van der Waals surface area contributed by atoms with Gasteiger partial charge < -0.3 is 14.0 Å². The minimum atomic E-state index is 0.450. The Labute approximate surface area is 146 Å². The molecule has 128 valence electrons. The van der Waals surface area contributed by atoms with Crippen molar-refractivity contribution in [2.75, 3.05) is 13.2 Å². The summed E-state index contributed by atoms with van der Waals surface area (Å²) in [5, 5.41) is 4.00. The Hall–Kier alpha value is -3.08. The molecule has 0 bridgehead atoms. The van der Waals surface area contributed by atoms with Crippen LogP contribution in [0.15, 0.2) is 53.1 Å². The zero-order valence-corrected chi connectivity index (χ0v) is 14.3. The number of rotatable bonds is 7. The van der Waals surface area contributed by atoms with Crippen molar-refractivity contribution in [1.82, 2.24) is 10.1 Å². The van der Waals surface area contributed by atoms with E-state index in [9.17, 15) is 0 Å². The predicted molar refractivity (Wildman–Crippen MR) is 97.4 cm³/mol. The van der Waals surface area contributed by atoms with E-state index in [2.05, 4.69) is 10.1 Å². The van der Waals surface area contributed by atoms with Crippen molar-refractivity contribution in [2.45, 2.75) is 13.8 Å². The molecule has 2 aromatic carbocycles. The van der Waals surface area contributed by atoms with Crippen LogP contribution in [0.2, 0.25) is 0 Å². The maximum absolute atomic E-state index is 5.63.